The van der Waals surface area contributed by atoms with E-state index in [0.717, 1.165) is 29.0 Å². The van der Waals surface area contributed by atoms with E-state index >= 15 is 0 Å². The highest BCUT2D eigenvalue weighted by Gasteiger charge is 2.21. The highest BCUT2D eigenvalue weighted by atomic mass is 32.1. The number of carbonyl (C=O) groups is 1. The van der Waals surface area contributed by atoms with Crippen LogP contribution in [0.2, 0.25) is 0 Å². The molecule has 1 aromatic heterocycles. The predicted octanol–water partition coefficient (Wildman–Crippen LogP) is 3.56. The lowest BCUT2D eigenvalue weighted by atomic mass is 9.96. The second-order valence-corrected chi connectivity index (χ2v) is 6.46. The minimum absolute atomic E-state index is 0.217. The van der Waals surface area contributed by atoms with E-state index in [9.17, 15) is 4.79 Å². The maximum Gasteiger partial charge on any atom is 0.355 e. The number of thiazole rings is 1. The van der Waals surface area contributed by atoms with Gasteiger partial charge in [-0.3, -0.25) is 0 Å². The molecule has 1 fully saturated rings. The molecule has 1 aliphatic heterocycles. The number of rotatable bonds is 4. The van der Waals surface area contributed by atoms with Crippen molar-refractivity contribution in [3.05, 3.63) is 10.6 Å². The maximum absolute atomic E-state index is 11.0. The Balaban J connectivity index is 2.06. The number of aryl methyl sites for hydroxylation is 1. The Morgan fingerprint density at radius 1 is 1.47 bits per heavy atom. The quantitative estimate of drug-likeness (QED) is 0.917. The van der Waals surface area contributed by atoms with Crippen LogP contribution >= 0.6 is 11.3 Å². The van der Waals surface area contributed by atoms with Crippen molar-refractivity contribution in [2.24, 2.45) is 5.92 Å². The molecule has 1 N–H and O–H groups in total. The fourth-order valence-electron chi connectivity index (χ4n) is 2.77. The lowest BCUT2D eigenvalue weighted by molar-refractivity contribution is 0.0690. The first kappa shape index (κ1) is 14.3. The summed E-state index contributed by atoms with van der Waals surface area (Å²) in [7, 11) is 0. The van der Waals surface area contributed by atoms with Gasteiger partial charge in [0.05, 0.1) is 0 Å². The Bertz CT molecular complexity index is 445. The van der Waals surface area contributed by atoms with Crippen molar-refractivity contribution in [1.29, 1.82) is 0 Å². The lowest BCUT2D eigenvalue weighted by Crippen LogP contribution is -2.24. The molecule has 1 saturated heterocycles. The summed E-state index contributed by atoms with van der Waals surface area (Å²) in [6.45, 7) is 6.09. The van der Waals surface area contributed by atoms with Crippen molar-refractivity contribution in [3.63, 3.8) is 0 Å². The number of nitrogens with zero attached hydrogens (tertiary/aromatic N) is 2. The van der Waals surface area contributed by atoms with Crippen molar-refractivity contribution < 1.29 is 9.90 Å². The minimum Gasteiger partial charge on any atom is -0.476 e. The van der Waals surface area contributed by atoms with E-state index in [1.165, 1.54) is 43.4 Å². The first-order valence-electron chi connectivity index (χ1n) is 7.07. The zero-order valence-corrected chi connectivity index (χ0v) is 12.5. The van der Waals surface area contributed by atoms with Crippen molar-refractivity contribution in [3.8, 4) is 0 Å². The number of hydrogen-bond acceptors (Lipinski definition) is 4. The van der Waals surface area contributed by atoms with E-state index in [1.54, 1.807) is 0 Å². The van der Waals surface area contributed by atoms with E-state index in [1.807, 2.05) is 6.92 Å². The van der Waals surface area contributed by atoms with Crippen molar-refractivity contribution in [2.45, 2.75) is 46.0 Å². The first-order valence-corrected chi connectivity index (χ1v) is 7.89. The Morgan fingerprint density at radius 2 is 2.26 bits per heavy atom. The van der Waals surface area contributed by atoms with Gasteiger partial charge in [-0.2, -0.15) is 0 Å². The third kappa shape index (κ3) is 3.47. The summed E-state index contributed by atoms with van der Waals surface area (Å²) in [4.78, 5) is 18.4. The number of carboxylic acid groups (broad SMARTS) is 1. The molecule has 2 rings (SSSR count). The van der Waals surface area contributed by atoms with E-state index in [2.05, 4.69) is 16.8 Å². The first-order chi connectivity index (χ1) is 9.11. The topological polar surface area (TPSA) is 53.4 Å². The average molecular weight is 282 g/mol. The van der Waals surface area contributed by atoms with Gasteiger partial charge >= 0.3 is 5.97 Å². The molecule has 2 heterocycles. The lowest BCUT2D eigenvalue weighted by Gasteiger charge is -2.19. The standard InChI is InChI=1S/C14H22N2O2S/c1-3-5-11-6-4-8-16(9-7-11)14-15-12(13(17)18)10(2)19-14/h11H,3-9H2,1-2H3,(H,17,18). The van der Waals surface area contributed by atoms with Crippen LogP contribution in [0.15, 0.2) is 0 Å². The zero-order valence-electron chi connectivity index (χ0n) is 11.7. The molecular weight excluding hydrogens is 260 g/mol. The van der Waals surface area contributed by atoms with E-state index in [0.29, 0.717) is 0 Å². The minimum atomic E-state index is -0.918. The van der Waals surface area contributed by atoms with E-state index < -0.39 is 5.97 Å². The smallest absolute Gasteiger partial charge is 0.355 e. The molecule has 0 aliphatic carbocycles. The van der Waals surface area contributed by atoms with Gasteiger partial charge in [-0.05, 0) is 32.1 Å². The Morgan fingerprint density at radius 3 is 2.89 bits per heavy atom. The molecule has 0 bridgehead atoms. The summed E-state index contributed by atoms with van der Waals surface area (Å²) >= 11 is 1.51. The maximum atomic E-state index is 11.0. The molecule has 4 nitrogen and oxygen atoms in total. The highest BCUT2D eigenvalue weighted by Crippen LogP contribution is 2.30. The number of aromatic nitrogens is 1. The summed E-state index contributed by atoms with van der Waals surface area (Å²) in [5.74, 6) is -0.0892. The normalized spacial score (nSPS) is 20.3. The molecular formula is C14H22N2O2S. The largest absolute Gasteiger partial charge is 0.476 e. The van der Waals surface area contributed by atoms with E-state index in [-0.39, 0.29) is 5.69 Å². The summed E-state index contributed by atoms with van der Waals surface area (Å²) in [5.41, 5.74) is 0.217. The molecule has 1 unspecified atom stereocenters. The SMILES string of the molecule is CCCC1CCCN(c2nc(C(=O)O)c(C)s2)CC1. The van der Waals surface area contributed by atoms with E-state index in [4.69, 9.17) is 5.11 Å². The molecule has 0 spiro atoms. The molecule has 19 heavy (non-hydrogen) atoms. The van der Waals surface area contributed by atoms with Gasteiger partial charge in [-0.15, -0.1) is 11.3 Å². The second-order valence-electron chi connectivity index (χ2n) is 5.28. The average Bonchev–Trinajstić information content (AvgIpc) is 2.60. The van der Waals surface area contributed by atoms with Gasteiger partial charge in [0.2, 0.25) is 0 Å². The Labute approximate surface area is 118 Å². The van der Waals surface area contributed by atoms with Crippen molar-refractivity contribution >= 4 is 22.4 Å². The number of anilines is 1. The van der Waals surface area contributed by atoms with Crippen LogP contribution in [-0.4, -0.2) is 29.1 Å². The molecule has 0 radical (unpaired) electrons. The zero-order chi connectivity index (χ0) is 13.8. The fraction of sp³-hybridized carbons (Fsp3) is 0.714. The Kier molecular flexibility index (Phi) is 4.80. The third-order valence-corrected chi connectivity index (χ3v) is 4.83. The van der Waals surface area contributed by atoms with Crippen LogP contribution in [0.3, 0.4) is 0 Å². The second kappa shape index (κ2) is 6.37. The molecule has 1 atom stereocenters. The van der Waals surface area contributed by atoms with Gasteiger partial charge in [0.15, 0.2) is 10.8 Å². The van der Waals surface area contributed by atoms with Gasteiger partial charge in [0.1, 0.15) is 0 Å². The highest BCUT2D eigenvalue weighted by molar-refractivity contribution is 7.15. The van der Waals surface area contributed by atoms with Crippen LogP contribution in [0.1, 0.15) is 54.4 Å². The van der Waals surface area contributed by atoms with Crippen molar-refractivity contribution in [2.75, 3.05) is 18.0 Å². The molecule has 106 valence electrons. The number of aromatic carboxylic acids is 1. The molecule has 0 aromatic carbocycles. The predicted molar refractivity (Wildman–Crippen MR) is 78.3 cm³/mol. The molecule has 0 amide bonds. The van der Waals surface area contributed by atoms with Crippen molar-refractivity contribution in [1.82, 2.24) is 4.98 Å². The van der Waals surface area contributed by atoms with Crippen LogP contribution in [0.5, 0.6) is 0 Å². The summed E-state index contributed by atoms with van der Waals surface area (Å²) in [5, 5.41) is 9.95. The third-order valence-electron chi connectivity index (χ3n) is 3.80. The van der Waals surface area contributed by atoms with Gasteiger partial charge in [0.25, 0.3) is 0 Å². The molecule has 1 aliphatic rings. The Hall–Kier alpha value is -1.10. The van der Waals surface area contributed by atoms with Crippen LogP contribution in [0.25, 0.3) is 0 Å². The molecule has 5 heteroatoms. The number of carboxylic acids is 1. The fourth-order valence-corrected chi connectivity index (χ4v) is 3.72. The monoisotopic (exact) mass is 282 g/mol. The van der Waals surface area contributed by atoms with Gasteiger partial charge in [-0.25, -0.2) is 9.78 Å². The summed E-state index contributed by atoms with van der Waals surface area (Å²) < 4.78 is 0. The van der Waals surface area contributed by atoms with Gasteiger partial charge < -0.3 is 10.0 Å². The van der Waals surface area contributed by atoms with Crippen LogP contribution < -0.4 is 4.90 Å². The van der Waals surface area contributed by atoms with Crippen LogP contribution in [0.4, 0.5) is 5.13 Å². The summed E-state index contributed by atoms with van der Waals surface area (Å²) in [6, 6.07) is 0. The van der Waals surface area contributed by atoms with Gasteiger partial charge in [-0.1, -0.05) is 19.8 Å². The summed E-state index contributed by atoms with van der Waals surface area (Å²) in [6.07, 6.45) is 6.25. The molecule has 1 aromatic rings. The molecule has 0 saturated carbocycles. The van der Waals surface area contributed by atoms with Crippen LogP contribution in [-0.2, 0) is 0 Å². The van der Waals surface area contributed by atoms with Crippen LogP contribution in [0, 0.1) is 12.8 Å². The number of hydrogen-bond donors (Lipinski definition) is 1. The van der Waals surface area contributed by atoms with Gasteiger partial charge in [0, 0.05) is 18.0 Å².